The van der Waals surface area contributed by atoms with Crippen LogP contribution in [0.1, 0.15) is 45.1 Å². The first kappa shape index (κ1) is 15.7. The van der Waals surface area contributed by atoms with Crippen molar-refractivity contribution in [3.05, 3.63) is 35.9 Å². The molecule has 0 saturated carbocycles. The van der Waals surface area contributed by atoms with Crippen LogP contribution in [-0.2, 0) is 11.3 Å². The van der Waals surface area contributed by atoms with Crippen molar-refractivity contribution < 1.29 is 4.79 Å². The Kier molecular flexibility index (Phi) is 7.19. The summed E-state index contributed by atoms with van der Waals surface area (Å²) in [6, 6.07) is 9.74. The molecule has 2 N–H and O–H groups in total. The highest BCUT2D eigenvalue weighted by atomic mass is 16.2. The second kappa shape index (κ2) is 8.70. The molecule has 0 aromatic heterocycles. The second-order valence-corrected chi connectivity index (χ2v) is 4.99. The first-order chi connectivity index (χ1) is 9.19. The van der Waals surface area contributed by atoms with Gasteiger partial charge in [-0.15, -0.1) is 0 Å². The molecule has 1 atom stereocenters. The van der Waals surface area contributed by atoms with Crippen LogP contribution in [0.15, 0.2) is 30.3 Å². The van der Waals surface area contributed by atoms with Gasteiger partial charge in [0.25, 0.3) is 0 Å². The van der Waals surface area contributed by atoms with E-state index in [9.17, 15) is 4.79 Å². The Morgan fingerprint density at radius 3 is 2.47 bits per heavy atom. The Morgan fingerprint density at radius 2 is 1.89 bits per heavy atom. The average molecular weight is 262 g/mol. The van der Waals surface area contributed by atoms with Crippen molar-refractivity contribution in [1.29, 1.82) is 0 Å². The molecule has 19 heavy (non-hydrogen) atoms. The van der Waals surface area contributed by atoms with E-state index in [1.807, 2.05) is 35.2 Å². The Labute approximate surface area is 116 Å². The smallest absolute Gasteiger partial charge is 0.239 e. The predicted octanol–water partition coefficient (Wildman–Crippen LogP) is 2.94. The number of hydrogen-bond acceptors (Lipinski definition) is 2. The van der Waals surface area contributed by atoms with Gasteiger partial charge < -0.3 is 10.6 Å². The Bertz CT molecular complexity index is 364. The van der Waals surface area contributed by atoms with E-state index in [1.165, 1.54) is 0 Å². The van der Waals surface area contributed by atoms with E-state index >= 15 is 0 Å². The van der Waals surface area contributed by atoms with E-state index in [-0.39, 0.29) is 11.9 Å². The molecule has 0 saturated heterocycles. The number of amides is 1. The van der Waals surface area contributed by atoms with Gasteiger partial charge in [0.2, 0.25) is 5.91 Å². The molecule has 0 fully saturated rings. The summed E-state index contributed by atoms with van der Waals surface area (Å²) in [7, 11) is 0. The highest BCUT2D eigenvalue weighted by Crippen LogP contribution is 2.09. The minimum Gasteiger partial charge on any atom is -0.337 e. The molecule has 0 bridgehead atoms. The number of benzene rings is 1. The maximum absolute atomic E-state index is 12.3. The highest BCUT2D eigenvalue weighted by Gasteiger charge is 2.19. The van der Waals surface area contributed by atoms with Crippen LogP contribution in [0.2, 0.25) is 0 Å². The lowest BCUT2D eigenvalue weighted by atomic mass is 10.1. The van der Waals surface area contributed by atoms with Crippen LogP contribution in [0.25, 0.3) is 0 Å². The predicted molar refractivity (Wildman–Crippen MR) is 79.7 cm³/mol. The van der Waals surface area contributed by atoms with Gasteiger partial charge in [-0.2, -0.15) is 0 Å². The molecule has 0 radical (unpaired) electrons. The highest BCUT2D eigenvalue weighted by molar-refractivity contribution is 5.81. The fraction of sp³-hybridized carbons (Fsp3) is 0.562. The van der Waals surface area contributed by atoms with Crippen molar-refractivity contribution in [2.24, 2.45) is 5.73 Å². The zero-order valence-electron chi connectivity index (χ0n) is 12.1. The van der Waals surface area contributed by atoms with Crippen molar-refractivity contribution >= 4 is 5.91 Å². The third-order valence-corrected chi connectivity index (χ3v) is 3.21. The molecule has 1 amide bonds. The topological polar surface area (TPSA) is 46.3 Å². The van der Waals surface area contributed by atoms with Crippen molar-refractivity contribution in [3.63, 3.8) is 0 Å². The van der Waals surface area contributed by atoms with Gasteiger partial charge >= 0.3 is 0 Å². The van der Waals surface area contributed by atoms with Crippen LogP contribution >= 0.6 is 0 Å². The second-order valence-electron chi connectivity index (χ2n) is 4.99. The summed E-state index contributed by atoms with van der Waals surface area (Å²) in [6.45, 7) is 5.63. The lowest BCUT2D eigenvalue weighted by Crippen LogP contribution is -2.43. The molecule has 1 aromatic carbocycles. The van der Waals surface area contributed by atoms with E-state index in [4.69, 9.17) is 5.73 Å². The van der Waals surface area contributed by atoms with Crippen LogP contribution in [0.3, 0.4) is 0 Å². The summed E-state index contributed by atoms with van der Waals surface area (Å²) in [5.74, 6) is 0.0825. The zero-order valence-corrected chi connectivity index (χ0v) is 12.1. The van der Waals surface area contributed by atoms with E-state index in [0.29, 0.717) is 6.54 Å². The van der Waals surface area contributed by atoms with Gasteiger partial charge in [0.15, 0.2) is 0 Å². The molecule has 0 spiro atoms. The molecule has 0 aliphatic carbocycles. The molecule has 3 nitrogen and oxygen atoms in total. The molecule has 3 heteroatoms. The molecule has 0 aliphatic rings. The molecule has 106 valence electrons. The van der Waals surface area contributed by atoms with Crippen LogP contribution in [0.4, 0.5) is 0 Å². The zero-order chi connectivity index (χ0) is 14.1. The monoisotopic (exact) mass is 262 g/mol. The fourth-order valence-electron chi connectivity index (χ4n) is 2.12. The van der Waals surface area contributed by atoms with Crippen LogP contribution in [0.5, 0.6) is 0 Å². The first-order valence-electron chi connectivity index (χ1n) is 7.27. The van der Waals surface area contributed by atoms with Crippen molar-refractivity contribution in [1.82, 2.24) is 4.90 Å². The molecule has 1 rings (SSSR count). The Balaban J connectivity index is 2.63. The average Bonchev–Trinajstić information content (AvgIpc) is 2.44. The van der Waals surface area contributed by atoms with Crippen LogP contribution < -0.4 is 5.73 Å². The van der Waals surface area contributed by atoms with Crippen molar-refractivity contribution in [2.75, 3.05) is 6.54 Å². The number of carbonyl (C=O) groups excluding carboxylic acids is 1. The summed E-state index contributed by atoms with van der Waals surface area (Å²) in [6.07, 6.45) is 3.83. The Morgan fingerprint density at radius 1 is 1.21 bits per heavy atom. The summed E-state index contributed by atoms with van der Waals surface area (Å²) >= 11 is 0. The number of nitrogens with zero attached hydrogens (tertiary/aromatic N) is 1. The Hall–Kier alpha value is -1.35. The van der Waals surface area contributed by atoms with Crippen molar-refractivity contribution in [2.45, 2.75) is 52.1 Å². The third-order valence-electron chi connectivity index (χ3n) is 3.21. The molecule has 1 aromatic rings. The fourth-order valence-corrected chi connectivity index (χ4v) is 2.12. The van der Waals surface area contributed by atoms with Gasteiger partial charge in [0, 0.05) is 13.1 Å². The number of unbranched alkanes of at least 4 members (excludes halogenated alkanes) is 1. The van der Waals surface area contributed by atoms with Gasteiger partial charge in [-0.05, 0) is 18.4 Å². The molecule has 0 heterocycles. The third kappa shape index (κ3) is 5.43. The summed E-state index contributed by atoms with van der Waals surface area (Å²) in [4.78, 5) is 14.2. The van der Waals surface area contributed by atoms with Crippen LogP contribution in [0, 0.1) is 0 Å². The van der Waals surface area contributed by atoms with Gasteiger partial charge in [-0.3, -0.25) is 4.79 Å². The van der Waals surface area contributed by atoms with E-state index < -0.39 is 0 Å². The molecule has 0 aliphatic heterocycles. The summed E-state index contributed by atoms with van der Waals surface area (Å²) in [5.41, 5.74) is 7.16. The van der Waals surface area contributed by atoms with Crippen LogP contribution in [-0.4, -0.2) is 23.4 Å². The minimum absolute atomic E-state index is 0.0825. The lowest BCUT2D eigenvalue weighted by Gasteiger charge is -2.25. The number of carbonyl (C=O) groups is 1. The van der Waals surface area contributed by atoms with E-state index in [1.54, 1.807) is 0 Å². The van der Waals surface area contributed by atoms with E-state index in [2.05, 4.69) is 13.8 Å². The standard InChI is InChI=1S/C16H26N2O/c1-3-5-11-15(17)16(19)18(12-4-2)13-14-9-7-6-8-10-14/h6-10,15H,3-5,11-13,17H2,1-2H3. The minimum atomic E-state index is -0.352. The molecular formula is C16H26N2O. The van der Waals surface area contributed by atoms with Crippen molar-refractivity contribution in [3.8, 4) is 0 Å². The number of rotatable bonds is 8. The van der Waals surface area contributed by atoms with Gasteiger partial charge in [0.05, 0.1) is 6.04 Å². The largest absolute Gasteiger partial charge is 0.337 e. The molecular weight excluding hydrogens is 236 g/mol. The van der Waals surface area contributed by atoms with E-state index in [0.717, 1.165) is 37.8 Å². The summed E-state index contributed by atoms with van der Waals surface area (Å²) < 4.78 is 0. The van der Waals surface area contributed by atoms with Gasteiger partial charge in [0.1, 0.15) is 0 Å². The first-order valence-corrected chi connectivity index (χ1v) is 7.27. The summed E-state index contributed by atoms with van der Waals surface area (Å²) in [5, 5.41) is 0. The number of hydrogen-bond donors (Lipinski definition) is 1. The quantitative estimate of drug-likeness (QED) is 0.783. The molecule has 1 unspecified atom stereocenters. The maximum atomic E-state index is 12.3. The SMILES string of the molecule is CCCCC(N)C(=O)N(CCC)Cc1ccccc1. The van der Waals surface area contributed by atoms with Gasteiger partial charge in [-0.1, -0.05) is 57.0 Å². The normalized spacial score (nSPS) is 12.2. The lowest BCUT2D eigenvalue weighted by molar-refractivity contribution is -0.133. The maximum Gasteiger partial charge on any atom is 0.239 e. The number of nitrogens with two attached hydrogens (primary N) is 1. The van der Waals surface area contributed by atoms with Gasteiger partial charge in [-0.25, -0.2) is 0 Å².